The minimum Gasteiger partial charge on any atom is -0.286 e. The Labute approximate surface area is 95.8 Å². The van der Waals surface area contributed by atoms with Gasteiger partial charge < -0.3 is 0 Å². The van der Waals surface area contributed by atoms with Crippen molar-refractivity contribution in [1.82, 2.24) is 0 Å². The number of hydrogen-bond donors (Lipinski definition) is 1. The van der Waals surface area contributed by atoms with Crippen molar-refractivity contribution in [2.75, 3.05) is 0 Å². The monoisotopic (exact) mass is 406 g/mol. The van der Waals surface area contributed by atoms with Gasteiger partial charge in [-0.1, -0.05) is 0 Å². The smallest absolute Gasteiger partial charge is 0.286 e. The summed E-state index contributed by atoms with van der Waals surface area (Å²) >= 11 is -11.6. The molecule has 0 saturated heterocycles. The molecule has 8 nitrogen and oxygen atoms in total. The quantitative estimate of drug-likeness (QED) is 0.304. The van der Waals surface area contributed by atoms with Crippen molar-refractivity contribution in [3.05, 3.63) is 0 Å². The van der Waals surface area contributed by atoms with E-state index < -0.39 is 40.2 Å². The molecule has 11 heteroatoms. The SMILES string of the molecule is [Na+].[O-][I+3]([O-])([O-])O.[O-][I+3]([O-])([O-])[O-]. The van der Waals surface area contributed by atoms with Crippen LogP contribution in [0, 0.1) is 0 Å². The van der Waals surface area contributed by atoms with Crippen LogP contribution in [0.4, 0.5) is 0 Å². The van der Waals surface area contributed by atoms with Gasteiger partial charge >= 0.3 is 49.7 Å². The zero-order valence-electron chi connectivity index (χ0n) is 5.06. The van der Waals surface area contributed by atoms with Crippen molar-refractivity contribution in [2.45, 2.75) is 0 Å². The maximum absolute atomic E-state index is 8.73. The molecule has 0 aromatic carbocycles. The van der Waals surface area contributed by atoms with Gasteiger partial charge in [-0.3, -0.25) is 24.1 Å². The fourth-order valence-electron chi connectivity index (χ4n) is 0. The van der Waals surface area contributed by atoms with Crippen molar-refractivity contribution >= 4 is 0 Å². The topological polar surface area (TPSA) is 182 Å². The molecular formula is HI2NaO8. The Bertz CT molecular complexity index is 55.1. The number of halogens is 2. The molecule has 1 N–H and O–H groups in total. The van der Waals surface area contributed by atoms with Gasteiger partial charge in [-0.15, -0.1) is 0 Å². The van der Waals surface area contributed by atoms with E-state index in [9.17, 15) is 0 Å². The Morgan fingerprint density at radius 2 is 0.727 bits per heavy atom. The first-order valence-electron chi connectivity index (χ1n) is 1.25. The van der Waals surface area contributed by atoms with E-state index in [-0.39, 0.29) is 29.6 Å². The molecule has 0 spiro atoms. The molecule has 0 unspecified atom stereocenters. The van der Waals surface area contributed by atoms with Crippen LogP contribution in [-0.4, -0.2) is 3.44 Å². The Kier molecular flexibility index (Phi) is 12.9. The summed E-state index contributed by atoms with van der Waals surface area (Å²) in [5.41, 5.74) is 0. The van der Waals surface area contributed by atoms with Crippen molar-refractivity contribution in [1.29, 1.82) is 0 Å². The maximum Gasteiger partial charge on any atom is 1.00 e. The molecular weight excluding hydrogens is 405 g/mol. The summed E-state index contributed by atoms with van der Waals surface area (Å²) in [6.45, 7) is 0. The Morgan fingerprint density at radius 1 is 0.727 bits per heavy atom. The molecule has 64 valence electrons. The van der Waals surface area contributed by atoms with Gasteiger partial charge in [0.1, 0.15) is 20.1 Å². The second-order valence-corrected chi connectivity index (χ2v) is 5.19. The molecule has 0 aliphatic carbocycles. The van der Waals surface area contributed by atoms with Gasteiger partial charge in [0.25, 0.3) is 0 Å². The molecule has 0 bridgehead atoms. The van der Waals surface area contributed by atoms with Crippen molar-refractivity contribution in [2.24, 2.45) is 0 Å². The van der Waals surface area contributed by atoms with E-state index >= 15 is 0 Å². The normalized spacial score (nSPS) is 10.9. The summed E-state index contributed by atoms with van der Waals surface area (Å²) in [6, 6.07) is 0. The summed E-state index contributed by atoms with van der Waals surface area (Å²) in [5.74, 6) is 0. The van der Waals surface area contributed by atoms with E-state index in [2.05, 4.69) is 0 Å². The standard InChI is InChI=1S/HIO4.IO4.Na/c2*2-1(3,4)5;/h2H;;/q;-1;+1. The van der Waals surface area contributed by atoms with Crippen LogP contribution >= 0.6 is 0 Å². The van der Waals surface area contributed by atoms with Crippen LogP contribution in [0.15, 0.2) is 0 Å². The molecule has 0 saturated carbocycles. The molecule has 0 fully saturated rings. The van der Waals surface area contributed by atoms with Gasteiger partial charge in [0.05, 0.1) is 0 Å². The second kappa shape index (κ2) is 7.54. The minimum absolute atomic E-state index is 0. The Hall–Kier alpha value is 2.14. The summed E-state index contributed by atoms with van der Waals surface area (Å²) in [6.07, 6.45) is 0. The van der Waals surface area contributed by atoms with E-state index in [1.807, 2.05) is 0 Å². The van der Waals surface area contributed by atoms with E-state index in [4.69, 9.17) is 27.5 Å². The third kappa shape index (κ3) is 273. The zero-order valence-corrected chi connectivity index (χ0v) is 11.4. The van der Waals surface area contributed by atoms with Crippen LogP contribution in [-0.2, 0) is 0 Å². The van der Waals surface area contributed by atoms with Crippen LogP contribution in [0.3, 0.4) is 0 Å². The van der Waals surface area contributed by atoms with Gasteiger partial charge in [-0.2, -0.15) is 0 Å². The van der Waals surface area contributed by atoms with Crippen LogP contribution < -0.4 is 93.8 Å². The first kappa shape index (κ1) is 18.8. The fraction of sp³-hybridized carbons (Fsp3) is 0. The van der Waals surface area contributed by atoms with Crippen molar-refractivity contribution < 1.29 is 97.2 Å². The predicted molar refractivity (Wildman–Crippen MR) is 2.22 cm³/mol. The van der Waals surface area contributed by atoms with Crippen LogP contribution in [0.1, 0.15) is 0 Å². The van der Waals surface area contributed by atoms with Crippen molar-refractivity contribution in [3.8, 4) is 0 Å². The largest absolute Gasteiger partial charge is 1.00 e. The predicted octanol–water partition coefficient (Wildman–Crippen LogP) is -17.9. The van der Waals surface area contributed by atoms with E-state index in [0.717, 1.165) is 0 Å². The molecule has 0 aromatic heterocycles. The number of hydrogen-bond acceptors (Lipinski definition) is 8. The number of rotatable bonds is 0. The third-order valence-corrected chi connectivity index (χ3v) is 0. The molecule has 0 rings (SSSR count). The molecule has 0 radical (unpaired) electrons. The average Bonchev–Trinajstić information content (AvgIpc) is 1.12. The first-order chi connectivity index (χ1) is 4.00. The van der Waals surface area contributed by atoms with E-state index in [1.165, 1.54) is 0 Å². The van der Waals surface area contributed by atoms with Gasteiger partial charge in [-0.05, 0) is 0 Å². The van der Waals surface area contributed by atoms with Crippen LogP contribution in [0.5, 0.6) is 0 Å². The van der Waals surface area contributed by atoms with Crippen LogP contribution in [0.25, 0.3) is 0 Å². The summed E-state index contributed by atoms with van der Waals surface area (Å²) in [5, 5.41) is 0. The molecule has 11 heavy (non-hydrogen) atoms. The van der Waals surface area contributed by atoms with Crippen LogP contribution in [0.2, 0.25) is 0 Å². The molecule has 0 aliphatic rings. The molecule has 0 aliphatic heterocycles. The average molecular weight is 406 g/mol. The Morgan fingerprint density at radius 3 is 0.727 bits per heavy atom. The summed E-state index contributed by atoms with van der Waals surface area (Å²) in [4.78, 5) is 0. The van der Waals surface area contributed by atoms with Gasteiger partial charge in [-0.25, -0.2) is 0 Å². The molecule has 0 amide bonds. The first-order valence-corrected chi connectivity index (χ1v) is 8.38. The van der Waals surface area contributed by atoms with Gasteiger partial charge in [0, 0.05) is 3.44 Å². The van der Waals surface area contributed by atoms with Gasteiger partial charge in [0.15, 0.2) is 0 Å². The third-order valence-electron chi connectivity index (χ3n) is 0. The summed E-state index contributed by atoms with van der Waals surface area (Å²) in [7, 11) is 0. The fourth-order valence-corrected chi connectivity index (χ4v) is 0. The van der Waals surface area contributed by atoms with Crippen molar-refractivity contribution in [3.63, 3.8) is 0 Å². The van der Waals surface area contributed by atoms with Gasteiger partial charge in [0.2, 0.25) is 0 Å². The zero-order chi connectivity index (χ0) is 9.00. The second-order valence-electron chi connectivity index (χ2n) is 0.774. The van der Waals surface area contributed by atoms with E-state index in [1.54, 1.807) is 0 Å². The Balaban J connectivity index is -0.000000107. The molecule has 0 atom stereocenters. The molecule has 0 aromatic rings. The minimum atomic E-state index is -5.94. The molecule has 0 heterocycles. The maximum atomic E-state index is 8.73. The van der Waals surface area contributed by atoms with E-state index in [0.29, 0.717) is 0 Å². The summed E-state index contributed by atoms with van der Waals surface area (Å²) < 4.78 is 67.7.